The topological polar surface area (TPSA) is 93.5 Å². The lowest BCUT2D eigenvalue weighted by Crippen LogP contribution is -2.34. The number of thiophene rings is 1. The summed E-state index contributed by atoms with van der Waals surface area (Å²) in [5.41, 5.74) is 3.10. The molecule has 1 aromatic carbocycles. The highest BCUT2D eigenvalue weighted by molar-refractivity contribution is 7.80. The normalized spacial score (nSPS) is 13.0. The third-order valence-corrected chi connectivity index (χ3v) is 6.90. The van der Waals surface area contributed by atoms with Gasteiger partial charge in [0.1, 0.15) is 22.0 Å². The van der Waals surface area contributed by atoms with Gasteiger partial charge in [0.05, 0.1) is 12.2 Å². The third-order valence-electron chi connectivity index (χ3n) is 5.49. The molecule has 0 aliphatic heterocycles. The van der Waals surface area contributed by atoms with E-state index in [1.165, 1.54) is 16.2 Å². The molecule has 0 atom stereocenters. The number of aryl methyl sites for hydroxylation is 2. The lowest BCUT2D eigenvalue weighted by molar-refractivity contribution is 0.0526. The minimum absolute atomic E-state index is 0.0987. The zero-order valence-electron chi connectivity index (χ0n) is 18.5. The van der Waals surface area contributed by atoms with Crippen molar-refractivity contribution in [3.63, 3.8) is 0 Å². The molecule has 4 rings (SSSR count). The highest BCUT2D eigenvalue weighted by Gasteiger charge is 2.27. The molecule has 0 fully saturated rings. The molecule has 0 spiro atoms. The number of amides is 1. The van der Waals surface area contributed by atoms with Gasteiger partial charge in [-0.05, 0) is 57.3 Å². The van der Waals surface area contributed by atoms with Crippen LogP contribution in [0.1, 0.15) is 63.1 Å². The Morgan fingerprint density at radius 2 is 1.91 bits per heavy atom. The number of hydrogen-bond acceptors (Lipinski definition) is 7. The van der Waals surface area contributed by atoms with Crippen LogP contribution in [0.4, 0.5) is 5.00 Å². The molecule has 0 saturated carbocycles. The Bertz CT molecular complexity index is 1180. The van der Waals surface area contributed by atoms with Crippen LogP contribution in [0.15, 0.2) is 34.9 Å². The van der Waals surface area contributed by atoms with Gasteiger partial charge in [-0.2, -0.15) is 0 Å². The predicted molar refractivity (Wildman–Crippen MR) is 132 cm³/mol. The van der Waals surface area contributed by atoms with Crippen molar-refractivity contribution < 1.29 is 18.8 Å². The van der Waals surface area contributed by atoms with Gasteiger partial charge < -0.3 is 14.6 Å². The third kappa shape index (κ3) is 4.99. The van der Waals surface area contributed by atoms with E-state index in [1.807, 2.05) is 30.3 Å². The number of anilines is 1. The van der Waals surface area contributed by atoms with Crippen LogP contribution >= 0.6 is 23.6 Å². The molecule has 0 radical (unpaired) electrons. The van der Waals surface area contributed by atoms with Crippen LogP contribution in [-0.4, -0.2) is 28.8 Å². The summed E-state index contributed by atoms with van der Waals surface area (Å²) < 4.78 is 10.6. The summed E-state index contributed by atoms with van der Waals surface area (Å²) in [5, 5.41) is 10.5. The zero-order chi connectivity index (χ0) is 23.4. The second-order valence-electron chi connectivity index (χ2n) is 7.73. The van der Waals surface area contributed by atoms with Crippen molar-refractivity contribution in [3.05, 3.63) is 57.7 Å². The van der Waals surface area contributed by atoms with Crippen LogP contribution in [0.25, 0.3) is 11.3 Å². The van der Waals surface area contributed by atoms with Crippen LogP contribution in [-0.2, 0) is 17.6 Å². The Morgan fingerprint density at radius 1 is 1.15 bits per heavy atom. The number of nitrogens with zero attached hydrogens (tertiary/aromatic N) is 1. The fourth-order valence-electron chi connectivity index (χ4n) is 3.98. The van der Waals surface area contributed by atoms with Crippen LogP contribution in [0.3, 0.4) is 0 Å². The number of rotatable bonds is 5. The molecule has 9 heteroatoms. The SMILES string of the molecule is CCOC(=O)c1c(NC(=S)NC(=O)c2c(-c3ccccc3)noc2C)sc2c1CCCCC2. The van der Waals surface area contributed by atoms with Crippen molar-refractivity contribution in [2.45, 2.75) is 46.0 Å². The highest BCUT2D eigenvalue weighted by Crippen LogP contribution is 2.38. The largest absolute Gasteiger partial charge is 0.462 e. The van der Waals surface area contributed by atoms with E-state index < -0.39 is 5.91 Å². The summed E-state index contributed by atoms with van der Waals surface area (Å²) in [7, 11) is 0. The van der Waals surface area contributed by atoms with Gasteiger partial charge in [0.25, 0.3) is 5.91 Å². The van der Waals surface area contributed by atoms with Gasteiger partial charge in [0, 0.05) is 10.4 Å². The maximum Gasteiger partial charge on any atom is 0.341 e. The molecule has 1 amide bonds. The fourth-order valence-corrected chi connectivity index (χ4v) is 5.52. The van der Waals surface area contributed by atoms with E-state index in [9.17, 15) is 9.59 Å². The smallest absolute Gasteiger partial charge is 0.341 e. The van der Waals surface area contributed by atoms with Crippen molar-refractivity contribution in [2.75, 3.05) is 11.9 Å². The quantitative estimate of drug-likeness (QED) is 0.290. The number of thiocarbonyl (C=S) groups is 1. The Balaban J connectivity index is 1.56. The van der Waals surface area contributed by atoms with Gasteiger partial charge in [-0.25, -0.2) is 4.79 Å². The van der Waals surface area contributed by atoms with E-state index in [4.69, 9.17) is 21.5 Å². The maximum atomic E-state index is 13.1. The van der Waals surface area contributed by atoms with Crippen molar-refractivity contribution in [2.24, 2.45) is 0 Å². The van der Waals surface area contributed by atoms with Crippen molar-refractivity contribution in [1.82, 2.24) is 10.5 Å². The molecule has 2 N–H and O–H groups in total. The maximum absolute atomic E-state index is 13.1. The summed E-state index contributed by atoms with van der Waals surface area (Å²) in [6, 6.07) is 9.33. The van der Waals surface area contributed by atoms with E-state index >= 15 is 0 Å². The number of carbonyl (C=O) groups is 2. The number of aromatic nitrogens is 1. The van der Waals surface area contributed by atoms with Crippen LogP contribution in [0, 0.1) is 6.92 Å². The first-order valence-corrected chi connectivity index (χ1v) is 12.2. The summed E-state index contributed by atoms with van der Waals surface area (Å²) in [6.07, 6.45) is 5.02. The van der Waals surface area contributed by atoms with E-state index in [-0.39, 0.29) is 11.1 Å². The molecule has 1 aliphatic rings. The minimum Gasteiger partial charge on any atom is -0.462 e. The second kappa shape index (κ2) is 10.3. The average Bonchev–Trinajstić information content (AvgIpc) is 3.26. The molecule has 1 aliphatic carbocycles. The molecule has 0 saturated heterocycles. The Morgan fingerprint density at radius 3 is 2.67 bits per heavy atom. The summed E-state index contributed by atoms with van der Waals surface area (Å²) >= 11 is 6.93. The molecule has 7 nitrogen and oxygen atoms in total. The number of esters is 1. The first-order chi connectivity index (χ1) is 16.0. The van der Waals surface area contributed by atoms with Gasteiger partial charge in [0.2, 0.25) is 0 Å². The number of benzene rings is 1. The zero-order valence-corrected chi connectivity index (χ0v) is 20.2. The van der Waals surface area contributed by atoms with Gasteiger partial charge >= 0.3 is 5.97 Å². The van der Waals surface area contributed by atoms with Gasteiger partial charge in [-0.3, -0.25) is 10.1 Å². The van der Waals surface area contributed by atoms with Crippen molar-refractivity contribution in [1.29, 1.82) is 0 Å². The Labute approximate surface area is 201 Å². The van der Waals surface area contributed by atoms with Crippen molar-refractivity contribution in [3.8, 4) is 11.3 Å². The number of nitrogens with one attached hydrogen (secondary N) is 2. The lowest BCUT2D eigenvalue weighted by atomic mass is 10.1. The summed E-state index contributed by atoms with van der Waals surface area (Å²) in [4.78, 5) is 27.0. The molecule has 172 valence electrons. The lowest BCUT2D eigenvalue weighted by Gasteiger charge is -2.11. The monoisotopic (exact) mass is 483 g/mol. The van der Waals surface area contributed by atoms with Crippen LogP contribution in [0.2, 0.25) is 0 Å². The van der Waals surface area contributed by atoms with Gasteiger partial charge in [-0.1, -0.05) is 41.9 Å². The molecule has 2 heterocycles. The first-order valence-electron chi connectivity index (χ1n) is 10.9. The van der Waals surface area contributed by atoms with E-state index in [0.717, 1.165) is 43.2 Å². The average molecular weight is 484 g/mol. The van der Waals surface area contributed by atoms with Gasteiger partial charge in [-0.15, -0.1) is 11.3 Å². The fraction of sp³-hybridized carbons (Fsp3) is 0.333. The van der Waals surface area contributed by atoms with E-state index in [0.29, 0.717) is 34.2 Å². The number of carbonyl (C=O) groups excluding carboxylic acids is 2. The Hall–Kier alpha value is -3.04. The molecule has 0 unspecified atom stereocenters. The second-order valence-corrected chi connectivity index (χ2v) is 9.24. The molecule has 0 bridgehead atoms. The number of fused-ring (bicyclic) bond motifs is 1. The number of ether oxygens (including phenoxy) is 1. The van der Waals surface area contributed by atoms with E-state index in [2.05, 4.69) is 15.8 Å². The van der Waals surface area contributed by atoms with E-state index in [1.54, 1.807) is 13.8 Å². The standard InChI is InChI=1S/C24H25N3O4S2/c1-3-30-23(29)19-16-12-8-5-9-13-17(16)33-22(19)26-24(32)25-21(28)18-14(2)31-27-20(18)15-10-6-4-7-11-15/h4,6-7,10-11H,3,5,8-9,12-13H2,1-2H3,(H2,25,26,28,32). The van der Waals surface area contributed by atoms with Crippen LogP contribution < -0.4 is 10.6 Å². The van der Waals surface area contributed by atoms with Crippen molar-refractivity contribution >= 4 is 45.5 Å². The molecular formula is C24H25N3O4S2. The van der Waals surface area contributed by atoms with Crippen LogP contribution in [0.5, 0.6) is 0 Å². The summed E-state index contributed by atoms with van der Waals surface area (Å²) in [6.45, 7) is 3.76. The number of hydrogen-bond donors (Lipinski definition) is 2. The van der Waals surface area contributed by atoms with Gasteiger partial charge in [0.15, 0.2) is 5.11 Å². The molecule has 3 aromatic rings. The Kier molecular flexibility index (Phi) is 7.20. The highest BCUT2D eigenvalue weighted by atomic mass is 32.1. The predicted octanol–water partition coefficient (Wildman–Crippen LogP) is 5.28. The molecular weight excluding hydrogens is 458 g/mol. The minimum atomic E-state index is -0.430. The first kappa shape index (κ1) is 23.1. The molecule has 2 aromatic heterocycles. The summed E-state index contributed by atoms with van der Waals surface area (Å²) in [5.74, 6) is -0.403. The molecule has 33 heavy (non-hydrogen) atoms.